The predicted octanol–water partition coefficient (Wildman–Crippen LogP) is 5.95. The zero-order valence-electron chi connectivity index (χ0n) is 29.9. The summed E-state index contributed by atoms with van der Waals surface area (Å²) in [5.41, 5.74) is 9.76. The monoisotopic (exact) mass is 1070 g/mol. The molecule has 0 aliphatic rings. The molecule has 0 saturated carbocycles. The van der Waals surface area contributed by atoms with Crippen molar-refractivity contribution in [3.63, 3.8) is 0 Å². The van der Waals surface area contributed by atoms with Gasteiger partial charge in [0.2, 0.25) is 18.6 Å². The molecule has 0 N–H and O–H groups in total. The zero-order chi connectivity index (χ0) is 35.5. The van der Waals surface area contributed by atoms with Crippen LogP contribution >= 0.6 is 0 Å². The third-order valence-electron chi connectivity index (χ3n) is 8.25. The first-order valence-electron chi connectivity index (χ1n) is 17.1. The van der Waals surface area contributed by atoms with Crippen LogP contribution < -0.4 is 9.13 Å². The molecule has 0 unspecified atom stereocenters. The number of hydrogen-bond acceptors (Lipinski definition) is 3. The number of aryl methyl sites for hydroxylation is 2. The van der Waals surface area contributed by atoms with Crippen LogP contribution in [0.3, 0.4) is 0 Å². The maximum absolute atomic E-state index is 4.81. The van der Waals surface area contributed by atoms with E-state index in [4.69, 9.17) is 4.98 Å². The Morgan fingerprint density at radius 1 is 0.519 bits per heavy atom. The van der Waals surface area contributed by atoms with Crippen LogP contribution in [0.1, 0.15) is 44.9 Å². The van der Waals surface area contributed by atoms with Crippen molar-refractivity contribution in [1.29, 1.82) is 0 Å². The average Bonchev–Trinajstić information content (AvgIpc) is 3.81. The van der Waals surface area contributed by atoms with Gasteiger partial charge in [-0.3, -0.25) is 9.55 Å². The minimum atomic E-state index is 0. The molecule has 0 spiro atoms. The van der Waals surface area contributed by atoms with Crippen molar-refractivity contribution in [2.24, 2.45) is 14.1 Å². The molecule has 8 rings (SSSR count). The summed E-state index contributed by atoms with van der Waals surface area (Å²) >= 11 is 0. The van der Waals surface area contributed by atoms with E-state index in [1.807, 2.05) is 101 Å². The number of imidazole rings is 2. The fourth-order valence-corrected chi connectivity index (χ4v) is 5.77. The minimum Gasteiger partial charge on any atom is -0.348 e. The van der Waals surface area contributed by atoms with Crippen LogP contribution in [-0.4, -0.2) is 24.1 Å². The molecule has 7 nitrogen and oxygen atoms in total. The molecule has 0 aliphatic heterocycles. The molecule has 4 heterocycles. The van der Waals surface area contributed by atoms with Crippen LogP contribution in [0, 0.1) is 36.9 Å². The van der Waals surface area contributed by atoms with Gasteiger partial charge in [0.1, 0.15) is 0 Å². The molecule has 4 aromatic heterocycles. The summed E-state index contributed by atoms with van der Waals surface area (Å²) in [5.74, 6) is 0.623. The van der Waals surface area contributed by atoms with Crippen molar-refractivity contribution >= 4 is 0 Å². The fraction of sp³-hybridized carbons (Fsp3) is 0.133. The normalized spacial score (nSPS) is 10.4. The quantitative estimate of drug-likeness (QED) is 0.126. The van der Waals surface area contributed by atoms with E-state index in [0.29, 0.717) is 5.95 Å². The summed E-state index contributed by atoms with van der Waals surface area (Å²) in [6, 6.07) is 50.2. The molecule has 9 heteroatoms. The van der Waals surface area contributed by atoms with Gasteiger partial charge in [0.15, 0.2) is 0 Å². The second-order valence-corrected chi connectivity index (χ2v) is 12.5. The van der Waals surface area contributed by atoms with Crippen molar-refractivity contribution in [2.45, 2.75) is 25.7 Å². The number of aromatic nitrogens is 7. The molecule has 8 aromatic rings. The second kappa shape index (κ2) is 19.8. The van der Waals surface area contributed by atoms with Crippen molar-refractivity contribution < 1.29 is 51.3 Å². The molecule has 276 valence electrons. The van der Waals surface area contributed by atoms with Crippen LogP contribution in [0.25, 0.3) is 11.6 Å². The van der Waals surface area contributed by atoms with E-state index in [2.05, 4.69) is 108 Å². The molecule has 4 aromatic carbocycles. The third kappa shape index (κ3) is 11.5. The molecular formula is C45H37N7Pt2-4. The summed E-state index contributed by atoms with van der Waals surface area (Å²) in [6.07, 6.45) is 19.0. The first-order chi connectivity index (χ1) is 25.5. The van der Waals surface area contributed by atoms with Crippen LogP contribution in [0.5, 0.6) is 0 Å². The van der Waals surface area contributed by atoms with Gasteiger partial charge in [-0.05, 0) is 43.9 Å². The summed E-state index contributed by atoms with van der Waals surface area (Å²) in [4.78, 5) is 13.8. The molecule has 0 amide bonds. The van der Waals surface area contributed by atoms with Gasteiger partial charge in [-0.25, -0.2) is 9.97 Å². The third-order valence-corrected chi connectivity index (χ3v) is 8.25. The van der Waals surface area contributed by atoms with Crippen LogP contribution in [-0.2, 0) is 81.9 Å². The van der Waals surface area contributed by atoms with Crippen molar-refractivity contribution in [3.8, 4) is 11.6 Å². The Balaban J connectivity index is 0.000000200. The number of hydrogen-bond donors (Lipinski definition) is 0. The van der Waals surface area contributed by atoms with Crippen LogP contribution in [0.4, 0.5) is 0 Å². The van der Waals surface area contributed by atoms with Crippen LogP contribution in [0.2, 0.25) is 0 Å². The maximum Gasteiger partial charge on any atom is 0.245 e. The molecular weight excluding hydrogens is 1030 g/mol. The fourth-order valence-electron chi connectivity index (χ4n) is 5.77. The Hall–Kier alpha value is -5.09. The zero-order valence-corrected chi connectivity index (χ0v) is 34.4. The van der Waals surface area contributed by atoms with E-state index in [1.54, 1.807) is 10.8 Å². The summed E-state index contributed by atoms with van der Waals surface area (Å²) in [7, 11) is 3.88. The Bertz CT molecular complexity index is 2190. The van der Waals surface area contributed by atoms with Gasteiger partial charge < -0.3 is 13.7 Å². The average molecular weight is 1070 g/mol. The van der Waals surface area contributed by atoms with Crippen molar-refractivity contribution in [1.82, 2.24) is 24.1 Å². The Morgan fingerprint density at radius 3 is 1.65 bits per heavy atom. The van der Waals surface area contributed by atoms with Gasteiger partial charge in [0.25, 0.3) is 0 Å². The van der Waals surface area contributed by atoms with E-state index < -0.39 is 0 Å². The number of nitrogens with zero attached hydrogens (tertiary/aromatic N) is 7. The van der Waals surface area contributed by atoms with Gasteiger partial charge >= 0.3 is 0 Å². The summed E-state index contributed by atoms with van der Waals surface area (Å²) in [6.45, 7) is 0. The van der Waals surface area contributed by atoms with Gasteiger partial charge in [-0.1, -0.05) is 11.8 Å². The van der Waals surface area contributed by atoms with Gasteiger partial charge in [-0.2, -0.15) is 137 Å². The van der Waals surface area contributed by atoms with Crippen LogP contribution in [0.15, 0.2) is 140 Å². The smallest absolute Gasteiger partial charge is 0.245 e. The predicted molar refractivity (Wildman–Crippen MR) is 197 cm³/mol. The topological polar surface area (TPSA) is 56.3 Å². The molecule has 0 aliphatic carbocycles. The van der Waals surface area contributed by atoms with E-state index in [0.717, 1.165) is 70.7 Å². The number of pyridine rings is 1. The Labute approximate surface area is 346 Å². The molecule has 0 bridgehead atoms. The number of rotatable bonds is 10. The van der Waals surface area contributed by atoms with E-state index >= 15 is 0 Å². The minimum absolute atomic E-state index is 0. The van der Waals surface area contributed by atoms with Gasteiger partial charge in [-0.15, -0.1) is 0 Å². The molecule has 0 saturated heterocycles. The molecule has 0 atom stereocenters. The number of benzene rings is 4. The van der Waals surface area contributed by atoms with Gasteiger partial charge in [0, 0.05) is 90.2 Å². The van der Waals surface area contributed by atoms with Crippen molar-refractivity contribution in [2.75, 3.05) is 0 Å². The largest absolute Gasteiger partial charge is 0.348 e. The van der Waals surface area contributed by atoms with E-state index in [1.165, 1.54) is 5.56 Å². The van der Waals surface area contributed by atoms with Crippen molar-refractivity contribution in [3.05, 3.63) is 222 Å². The second-order valence-electron chi connectivity index (χ2n) is 12.5. The first kappa shape index (κ1) is 40.1. The van der Waals surface area contributed by atoms with E-state index in [-0.39, 0.29) is 42.1 Å². The van der Waals surface area contributed by atoms with E-state index in [9.17, 15) is 0 Å². The SMILES string of the molecule is C[n+]1[c-]n(-c2[c-]c(Cc3cccc(Cc4[c-]cccc4)n3)ccc2)cc1.C[n+]1[c-]n(-c2nccc(Cc3[c-]c(Cc4[c-]cccc4)ccc3)n2)cc1.[Pt].[Pt]. The summed E-state index contributed by atoms with van der Waals surface area (Å²) < 4.78 is 7.47. The Morgan fingerprint density at radius 2 is 1.04 bits per heavy atom. The molecule has 0 fully saturated rings. The van der Waals surface area contributed by atoms with Gasteiger partial charge in [0.05, 0.1) is 14.1 Å². The molecule has 0 radical (unpaired) electrons. The maximum atomic E-state index is 4.81. The molecule has 54 heavy (non-hydrogen) atoms. The Kier molecular flexibility index (Phi) is 14.7. The summed E-state index contributed by atoms with van der Waals surface area (Å²) in [5, 5.41) is 0. The standard InChI is InChI=1S/C23H19N3.C22H18N4.2Pt/c1-25-13-14-26(18-25)23-12-5-9-20(17-23)16-22-11-6-10-21(24-22)15-19-7-3-2-4-8-19;1-25-12-13-26(17-25)22-23-11-10-21(24-22)16-20-9-5-8-19(15-20)14-18-6-3-2-4-7-18;;/h2-7,9-14H,15-16H2,1H3;2-6,8-13H,14,16H2,1H3;;/q2*-2;;. The first-order valence-corrected chi connectivity index (χ1v) is 17.1.